The zero-order valence-corrected chi connectivity index (χ0v) is 15.1. The molecule has 3 N–H and O–H groups in total. The lowest BCUT2D eigenvalue weighted by Gasteiger charge is -2.06. The summed E-state index contributed by atoms with van der Waals surface area (Å²) in [6.45, 7) is 3.12. The quantitative estimate of drug-likeness (QED) is 0.467. The Balaban J connectivity index is 0.000000273. The molecule has 2 aromatic carbocycles. The van der Waals surface area contributed by atoms with Gasteiger partial charge in [-0.2, -0.15) is 0 Å². The molecule has 0 spiro atoms. The third kappa shape index (κ3) is 5.70. The Bertz CT molecular complexity index is 943. The van der Waals surface area contributed by atoms with Gasteiger partial charge in [-0.3, -0.25) is 25.0 Å². The van der Waals surface area contributed by atoms with Crippen molar-refractivity contribution in [3.05, 3.63) is 67.8 Å². The molecular weight excluding hydrogens is 364 g/mol. The van der Waals surface area contributed by atoms with E-state index < -0.39 is 19.9 Å². The zero-order valence-electron chi connectivity index (χ0n) is 14.3. The Labute approximate surface area is 150 Å². The van der Waals surface area contributed by atoms with Crippen LogP contribution in [0.25, 0.3) is 0 Å². The van der Waals surface area contributed by atoms with Crippen molar-refractivity contribution in [3.8, 4) is 0 Å². The Morgan fingerprint density at radius 3 is 1.81 bits per heavy atom. The van der Waals surface area contributed by atoms with Gasteiger partial charge in [0.05, 0.1) is 27.4 Å². The fourth-order valence-corrected chi connectivity index (χ4v) is 2.59. The molecule has 11 heteroatoms. The van der Waals surface area contributed by atoms with Crippen molar-refractivity contribution in [2.45, 2.75) is 13.8 Å². The van der Waals surface area contributed by atoms with E-state index in [1.54, 1.807) is 19.1 Å². The summed E-state index contributed by atoms with van der Waals surface area (Å²) in [4.78, 5) is 19.9. The van der Waals surface area contributed by atoms with Crippen LogP contribution in [0.15, 0.2) is 36.4 Å². The molecule has 0 heterocycles. The smallest absolute Gasteiger partial charge is 0.274 e. The third-order valence-corrected chi connectivity index (χ3v) is 3.93. The van der Waals surface area contributed by atoms with Crippen LogP contribution in [-0.2, 0) is 10.0 Å². The minimum absolute atomic E-state index is 0.0741. The minimum atomic E-state index is -3.41. The van der Waals surface area contributed by atoms with Gasteiger partial charge in [-0.25, -0.2) is 8.42 Å². The average Bonchev–Trinajstić information content (AvgIpc) is 2.51. The Morgan fingerprint density at radius 1 is 0.923 bits per heavy atom. The summed E-state index contributed by atoms with van der Waals surface area (Å²) in [5.41, 5.74) is 6.93. The molecule has 0 unspecified atom stereocenters. The van der Waals surface area contributed by atoms with E-state index in [9.17, 15) is 28.6 Å². The molecule has 0 saturated carbocycles. The molecule has 0 bridgehead atoms. The predicted octanol–water partition coefficient (Wildman–Crippen LogP) is 2.76. The lowest BCUT2D eigenvalue weighted by molar-refractivity contribution is -0.385. The van der Waals surface area contributed by atoms with E-state index in [4.69, 9.17) is 5.73 Å². The van der Waals surface area contributed by atoms with E-state index in [0.29, 0.717) is 16.8 Å². The highest BCUT2D eigenvalue weighted by Crippen LogP contribution is 2.25. The molecule has 26 heavy (non-hydrogen) atoms. The van der Waals surface area contributed by atoms with Crippen molar-refractivity contribution >= 4 is 32.8 Å². The van der Waals surface area contributed by atoms with Gasteiger partial charge in [0.25, 0.3) is 11.4 Å². The van der Waals surface area contributed by atoms with Gasteiger partial charge in [0.1, 0.15) is 0 Å². The molecule has 0 radical (unpaired) electrons. The van der Waals surface area contributed by atoms with Gasteiger partial charge in [0, 0.05) is 23.4 Å². The number of benzene rings is 2. The highest BCUT2D eigenvalue weighted by molar-refractivity contribution is 7.92. The number of hydrogen-bond donors (Lipinski definition) is 2. The second-order valence-corrected chi connectivity index (χ2v) is 7.08. The number of rotatable bonds is 4. The maximum Gasteiger partial charge on any atom is 0.274 e. The molecule has 0 atom stereocenters. The lowest BCUT2D eigenvalue weighted by Crippen LogP contribution is -2.11. The first-order valence-electron chi connectivity index (χ1n) is 7.15. The summed E-state index contributed by atoms with van der Waals surface area (Å²) >= 11 is 0. The SMILES string of the molecule is Cc1c(N)cccc1[N+](=O)[O-].Cc1c(NS(C)(=O)=O)cccc1[N+](=O)[O-]. The third-order valence-electron chi connectivity index (χ3n) is 3.34. The van der Waals surface area contributed by atoms with E-state index in [0.717, 1.165) is 6.26 Å². The van der Waals surface area contributed by atoms with Crippen molar-refractivity contribution in [1.29, 1.82) is 0 Å². The number of nitrogen functional groups attached to an aromatic ring is 1. The zero-order chi connectivity index (χ0) is 20.1. The van der Waals surface area contributed by atoms with Crippen LogP contribution in [0.3, 0.4) is 0 Å². The normalized spacial score (nSPS) is 10.4. The van der Waals surface area contributed by atoms with Crippen molar-refractivity contribution in [2.75, 3.05) is 16.7 Å². The number of anilines is 2. The van der Waals surface area contributed by atoms with E-state index in [1.165, 1.54) is 31.2 Å². The molecule has 0 fully saturated rings. The van der Waals surface area contributed by atoms with Gasteiger partial charge in [0.2, 0.25) is 10.0 Å². The number of nitrogens with one attached hydrogen (secondary N) is 1. The van der Waals surface area contributed by atoms with E-state index in [2.05, 4.69) is 4.72 Å². The fraction of sp³-hybridized carbons (Fsp3) is 0.200. The lowest BCUT2D eigenvalue weighted by atomic mass is 10.2. The van der Waals surface area contributed by atoms with Crippen LogP contribution < -0.4 is 10.5 Å². The number of nitro benzene ring substituents is 2. The van der Waals surface area contributed by atoms with Gasteiger partial charge in [-0.15, -0.1) is 0 Å². The first-order valence-corrected chi connectivity index (χ1v) is 9.04. The highest BCUT2D eigenvalue weighted by Gasteiger charge is 2.14. The van der Waals surface area contributed by atoms with Gasteiger partial charge in [0.15, 0.2) is 0 Å². The summed E-state index contributed by atoms with van der Waals surface area (Å²) in [6, 6.07) is 8.87. The van der Waals surface area contributed by atoms with Crippen LogP contribution in [0, 0.1) is 34.1 Å². The van der Waals surface area contributed by atoms with Gasteiger partial charge in [-0.1, -0.05) is 12.1 Å². The molecule has 0 aromatic heterocycles. The molecule has 0 aliphatic carbocycles. The second kappa shape index (κ2) is 8.25. The minimum Gasteiger partial charge on any atom is -0.398 e. The molecule has 10 nitrogen and oxygen atoms in total. The number of nitrogens with two attached hydrogens (primary N) is 1. The molecule has 0 aliphatic heterocycles. The maximum atomic E-state index is 11.0. The topological polar surface area (TPSA) is 158 Å². The Hall–Kier alpha value is -3.21. The van der Waals surface area contributed by atoms with Gasteiger partial charge in [-0.05, 0) is 26.0 Å². The van der Waals surface area contributed by atoms with Gasteiger partial charge < -0.3 is 5.73 Å². The maximum absolute atomic E-state index is 11.0. The molecule has 0 aliphatic rings. The van der Waals surface area contributed by atoms with Crippen LogP contribution in [0.1, 0.15) is 11.1 Å². The summed E-state index contributed by atoms with van der Waals surface area (Å²) in [5.74, 6) is 0. The van der Waals surface area contributed by atoms with Crippen molar-refractivity contribution in [3.63, 3.8) is 0 Å². The molecule has 0 saturated heterocycles. The van der Waals surface area contributed by atoms with Crippen LogP contribution in [-0.4, -0.2) is 24.5 Å². The highest BCUT2D eigenvalue weighted by atomic mass is 32.2. The molecular formula is C15H18N4O6S. The number of sulfonamides is 1. The van der Waals surface area contributed by atoms with Crippen LogP contribution in [0.5, 0.6) is 0 Å². The second-order valence-electron chi connectivity index (χ2n) is 5.33. The van der Waals surface area contributed by atoms with E-state index in [1.807, 2.05) is 0 Å². The standard InChI is InChI=1S/C8H10N2O4S.C7H8N2O2/c1-6-7(9-15(2,13)14)4-3-5-8(6)10(11)12;1-5-6(8)3-2-4-7(5)9(10)11/h3-5,9H,1-2H3;2-4H,8H2,1H3. The van der Waals surface area contributed by atoms with Crippen LogP contribution in [0.4, 0.5) is 22.7 Å². The van der Waals surface area contributed by atoms with Crippen molar-refractivity contribution in [1.82, 2.24) is 0 Å². The summed E-state index contributed by atoms with van der Waals surface area (Å²) < 4.78 is 24.1. The predicted molar refractivity (Wildman–Crippen MR) is 98.5 cm³/mol. The number of hydrogen-bond acceptors (Lipinski definition) is 7. The molecule has 0 amide bonds. The van der Waals surface area contributed by atoms with E-state index >= 15 is 0 Å². The molecule has 2 aromatic rings. The van der Waals surface area contributed by atoms with E-state index in [-0.39, 0.29) is 17.1 Å². The fourth-order valence-electron chi connectivity index (χ4n) is 1.97. The Morgan fingerprint density at radius 2 is 1.38 bits per heavy atom. The number of nitrogens with zero attached hydrogens (tertiary/aromatic N) is 2. The van der Waals surface area contributed by atoms with Crippen molar-refractivity contribution < 1.29 is 18.3 Å². The summed E-state index contributed by atoms with van der Waals surface area (Å²) in [5, 5.41) is 20.9. The van der Waals surface area contributed by atoms with Gasteiger partial charge >= 0.3 is 0 Å². The summed E-state index contributed by atoms with van der Waals surface area (Å²) in [7, 11) is -3.41. The van der Waals surface area contributed by atoms with Crippen molar-refractivity contribution in [2.24, 2.45) is 0 Å². The average molecular weight is 382 g/mol. The first-order chi connectivity index (χ1) is 11.9. The van der Waals surface area contributed by atoms with Crippen LogP contribution >= 0.6 is 0 Å². The monoisotopic (exact) mass is 382 g/mol. The largest absolute Gasteiger partial charge is 0.398 e. The number of nitro groups is 2. The van der Waals surface area contributed by atoms with Crippen LogP contribution in [0.2, 0.25) is 0 Å². The molecule has 2 rings (SSSR count). The summed E-state index contributed by atoms with van der Waals surface area (Å²) in [6.07, 6.45) is 0.991. The first kappa shape index (κ1) is 20.8. The molecule has 140 valence electrons. The Kier molecular flexibility index (Phi) is 6.61.